The third-order valence-electron chi connectivity index (χ3n) is 6.02. The summed E-state index contributed by atoms with van der Waals surface area (Å²) in [5.74, 6) is -0.616. The number of benzene rings is 2. The monoisotopic (exact) mass is 512 g/mol. The average molecular weight is 513 g/mol. The number of aromatic nitrogens is 2. The van der Waals surface area contributed by atoms with Crippen molar-refractivity contribution in [1.29, 1.82) is 0 Å². The van der Waals surface area contributed by atoms with Gasteiger partial charge in [-0.2, -0.15) is 5.10 Å². The van der Waals surface area contributed by atoms with Crippen LogP contribution >= 0.6 is 11.6 Å². The number of hydrogen-bond donors (Lipinski definition) is 1. The smallest absolute Gasteiger partial charge is 0.410 e. The van der Waals surface area contributed by atoms with Crippen molar-refractivity contribution >= 4 is 23.6 Å². The van der Waals surface area contributed by atoms with Crippen molar-refractivity contribution in [3.8, 4) is 5.69 Å². The van der Waals surface area contributed by atoms with Gasteiger partial charge in [0, 0.05) is 30.6 Å². The van der Waals surface area contributed by atoms with Gasteiger partial charge in [-0.05, 0) is 75.6 Å². The summed E-state index contributed by atoms with van der Waals surface area (Å²) in [4.78, 5) is 27.5. The second kappa shape index (κ2) is 10.7. The Morgan fingerprint density at radius 3 is 2.33 bits per heavy atom. The lowest BCUT2D eigenvalue weighted by Gasteiger charge is -2.34. The zero-order valence-corrected chi connectivity index (χ0v) is 21.4. The second-order valence-electron chi connectivity index (χ2n) is 9.88. The molecule has 1 N–H and O–H groups in total. The zero-order chi connectivity index (χ0) is 25.9. The molecule has 36 heavy (non-hydrogen) atoms. The molecule has 7 nitrogen and oxygen atoms in total. The molecule has 0 bridgehead atoms. The van der Waals surface area contributed by atoms with Gasteiger partial charge in [0.05, 0.1) is 23.1 Å². The highest BCUT2D eigenvalue weighted by Gasteiger charge is 2.32. The lowest BCUT2D eigenvalue weighted by Crippen LogP contribution is -2.41. The number of piperidine rings is 1. The molecule has 1 aliphatic rings. The standard InChI is InChI=1S/C27H30ClFN4O3/c1-27(2,3)36-26(35)32-14-12-19(13-15-32)24-23(17-31-33(24)22-10-8-21(29)9-11-22)25(34)30-16-18-4-6-20(28)7-5-18/h4-11,17,19H,12-16H2,1-3H3,(H,30,34). The molecule has 0 spiro atoms. The summed E-state index contributed by atoms with van der Waals surface area (Å²) in [6.07, 6.45) is 2.50. The summed E-state index contributed by atoms with van der Waals surface area (Å²) in [5.41, 5.74) is 2.23. The molecule has 2 amide bonds. The van der Waals surface area contributed by atoms with E-state index in [9.17, 15) is 14.0 Å². The molecule has 2 heterocycles. The van der Waals surface area contributed by atoms with Gasteiger partial charge >= 0.3 is 6.09 Å². The maximum atomic E-state index is 13.6. The highest BCUT2D eigenvalue weighted by Crippen LogP contribution is 2.33. The van der Waals surface area contributed by atoms with Crippen molar-refractivity contribution in [2.75, 3.05) is 13.1 Å². The predicted molar refractivity (Wildman–Crippen MR) is 136 cm³/mol. The van der Waals surface area contributed by atoms with E-state index in [1.54, 1.807) is 40.0 Å². The van der Waals surface area contributed by atoms with Crippen LogP contribution in [0.3, 0.4) is 0 Å². The Bertz CT molecular complexity index is 1210. The van der Waals surface area contributed by atoms with Gasteiger partial charge in [0.15, 0.2) is 0 Å². The number of hydrogen-bond acceptors (Lipinski definition) is 4. The maximum Gasteiger partial charge on any atom is 0.410 e. The van der Waals surface area contributed by atoms with Crippen molar-refractivity contribution in [2.24, 2.45) is 0 Å². The molecule has 1 aliphatic heterocycles. The molecule has 1 aromatic heterocycles. The first-order valence-corrected chi connectivity index (χ1v) is 12.3. The van der Waals surface area contributed by atoms with Crippen LogP contribution in [0.1, 0.15) is 61.1 Å². The highest BCUT2D eigenvalue weighted by molar-refractivity contribution is 6.30. The minimum atomic E-state index is -0.565. The molecule has 3 aromatic rings. The SMILES string of the molecule is CC(C)(C)OC(=O)N1CCC(c2c(C(=O)NCc3ccc(Cl)cc3)cnn2-c2ccc(F)cc2)CC1. The van der Waals surface area contributed by atoms with Crippen molar-refractivity contribution < 1.29 is 18.7 Å². The molecule has 4 rings (SSSR count). The van der Waals surface area contributed by atoms with E-state index >= 15 is 0 Å². The van der Waals surface area contributed by atoms with Gasteiger partial charge in [-0.25, -0.2) is 13.9 Å². The molecule has 0 atom stereocenters. The number of likely N-dealkylation sites (tertiary alicyclic amines) is 1. The molecule has 190 valence electrons. The van der Waals surface area contributed by atoms with Crippen LogP contribution in [0.4, 0.5) is 9.18 Å². The Morgan fingerprint density at radius 2 is 1.72 bits per heavy atom. The van der Waals surface area contributed by atoms with Gasteiger partial charge < -0.3 is 15.0 Å². The van der Waals surface area contributed by atoms with Gasteiger partial charge in [0.25, 0.3) is 5.91 Å². The topological polar surface area (TPSA) is 76.5 Å². The van der Waals surface area contributed by atoms with Crippen molar-refractivity contribution in [1.82, 2.24) is 20.0 Å². The number of carbonyl (C=O) groups is 2. The van der Waals surface area contributed by atoms with E-state index in [2.05, 4.69) is 10.4 Å². The van der Waals surface area contributed by atoms with Crippen LogP contribution in [-0.4, -0.2) is 45.4 Å². The number of nitrogens with zero attached hydrogens (tertiary/aromatic N) is 3. The number of ether oxygens (including phenoxy) is 1. The van der Waals surface area contributed by atoms with Gasteiger partial charge in [0.2, 0.25) is 0 Å². The molecular weight excluding hydrogens is 483 g/mol. The summed E-state index contributed by atoms with van der Waals surface area (Å²) in [6, 6.07) is 13.3. The first-order chi connectivity index (χ1) is 17.1. The predicted octanol–water partition coefficient (Wildman–Crippen LogP) is 5.71. The van der Waals surface area contributed by atoms with E-state index in [-0.39, 0.29) is 23.7 Å². The molecule has 9 heteroatoms. The van der Waals surface area contributed by atoms with Crippen molar-refractivity contribution in [3.63, 3.8) is 0 Å². The summed E-state index contributed by atoms with van der Waals surface area (Å²) in [5, 5.41) is 8.08. The lowest BCUT2D eigenvalue weighted by atomic mass is 9.91. The number of amides is 2. The van der Waals surface area contributed by atoms with Gasteiger partial charge in [-0.3, -0.25) is 4.79 Å². The van der Waals surface area contributed by atoms with Crippen molar-refractivity contribution in [3.05, 3.63) is 82.4 Å². The molecular formula is C27H30ClFN4O3. The third kappa shape index (κ3) is 6.23. The summed E-state index contributed by atoms with van der Waals surface area (Å²) < 4.78 is 20.8. The fourth-order valence-electron chi connectivity index (χ4n) is 4.26. The molecule has 0 radical (unpaired) electrons. The molecule has 0 saturated carbocycles. The fraction of sp³-hybridized carbons (Fsp3) is 0.370. The lowest BCUT2D eigenvalue weighted by molar-refractivity contribution is 0.0203. The van der Waals surface area contributed by atoms with E-state index in [1.807, 2.05) is 32.9 Å². The highest BCUT2D eigenvalue weighted by atomic mass is 35.5. The largest absolute Gasteiger partial charge is 0.444 e. The Labute approximate surface area is 215 Å². The van der Waals surface area contributed by atoms with Crippen LogP contribution < -0.4 is 5.32 Å². The van der Waals surface area contributed by atoms with E-state index in [0.29, 0.717) is 48.7 Å². The molecule has 1 fully saturated rings. The van der Waals surface area contributed by atoms with Crippen LogP contribution in [0.25, 0.3) is 5.69 Å². The van der Waals surface area contributed by atoms with Crippen LogP contribution in [0, 0.1) is 5.82 Å². The number of nitrogens with one attached hydrogen (secondary N) is 1. The summed E-state index contributed by atoms with van der Waals surface area (Å²) in [6.45, 7) is 6.86. The van der Waals surface area contributed by atoms with Crippen LogP contribution in [0.5, 0.6) is 0 Å². The molecule has 1 saturated heterocycles. The van der Waals surface area contributed by atoms with Gasteiger partial charge in [-0.1, -0.05) is 23.7 Å². The Balaban J connectivity index is 1.56. The minimum absolute atomic E-state index is 0.0208. The van der Waals surface area contributed by atoms with E-state index in [1.165, 1.54) is 12.1 Å². The minimum Gasteiger partial charge on any atom is -0.444 e. The van der Waals surface area contributed by atoms with Crippen LogP contribution in [-0.2, 0) is 11.3 Å². The van der Waals surface area contributed by atoms with Crippen LogP contribution in [0.15, 0.2) is 54.7 Å². The Kier molecular flexibility index (Phi) is 7.64. The Morgan fingerprint density at radius 1 is 1.08 bits per heavy atom. The second-order valence-corrected chi connectivity index (χ2v) is 10.3. The summed E-state index contributed by atoms with van der Waals surface area (Å²) in [7, 11) is 0. The first-order valence-electron chi connectivity index (χ1n) is 11.9. The number of rotatable bonds is 5. The van der Waals surface area contributed by atoms with E-state index < -0.39 is 5.60 Å². The first kappa shape index (κ1) is 25.7. The number of carbonyl (C=O) groups excluding carboxylic acids is 2. The molecule has 0 aliphatic carbocycles. The van der Waals surface area contributed by atoms with E-state index in [0.717, 1.165) is 11.3 Å². The summed E-state index contributed by atoms with van der Waals surface area (Å²) >= 11 is 5.95. The van der Waals surface area contributed by atoms with Crippen molar-refractivity contribution in [2.45, 2.75) is 51.7 Å². The number of halogens is 2. The Hall–Kier alpha value is -3.39. The normalized spacial score (nSPS) is 14.5. The quantitative estimate of drug-likeness (QED) is 0.475. The zero-order valence-electron chi connectivity index (χ0n) is 20.6. The van der Waals surface area contributed by atoms with E-state index in [4.69, 9.17) is 16.3 Å². The molecule has 2 aromatic carbocycles. The molecule has 0 unspecified atom stereocenters. The van der Waals surface area contributed by atoms with Gasteiger partial charge in [-0.15, -0.1) is 0 Å². The fourth-order valence-corrected chi connectivity index (χ4v) is 4.38. The average Bonchev–Trinajstić information content (AvgIpc) is 3.28. The van der Waals surface area contributed by atoms with Gasteiger partial charge in [0.1, 0.15) is 11.4 Å². The maximum absolute atomic E-state index is 13.6. The van der Waals surface area contributed by atoms with Crippen LogP contribution in [0.2, 0.25) is 5.02 Å². The third-order valence-corrected chi connectivity index (χ3v) is 6.27.